The van der Waals surface area contributed by atoms with Gasteiger partial charge in [0.25, 0.3) is 0 Å². The van der Waals surface area contributed by atoms with Crippen LogP contribution in [0.4, 0.5) is 14.9 Å². The average Bonchev–Trinajstić information content (AvgIpc) is 2.99. The van der Waals surface area contributed by atoms with Crippen molar-refractivity contribution in [3.8, 4) is 0 Å². The molecule has 2 heterocycles. The third kappa shape index (κ3) is 2.08. The smallest absolute Gasteiger partial charge is 0.415 e. The fourth-order valence-corrected chi connectivity index (χ4v) is 2.91. The number of amides is 1. The van der Waals surface area contributed by atoms with Crippen molar-refractivity contribution in [3.05, 3.63) is 30.1 Å². The van der Waals surface area contributed by atoms with Gasteiger partial charge in [0.15, 0.2) is 0 Å². The molecule has 19 heavy (non-hydrogen) atoms. The molecular weight excluding hydrogens is 247 g/mol. The average molecular weight is 264 g/mol. The number of para-hydroxylation sites is 1. The first kappa shape index (κ1) is 12.4. The van der Waals surface area contributed by atoms with E-state index in [2.05, 4.69) is 5.32 Å². The van der Waals surface area contributed by atoms with Crippen LogP contribution in [-0.4, -0.2) is 31.3 Å². The number of ether oxygens (including phenoxy) is 1. The first-order valence-corrected chi connectivity index (χ1v) is 6.56. The Hall–Kier alpha value is -1.62. The molecule has 1 aromatic carbocycles. The number of carbonyl (C=O) groups excluding carboxylic acids is 1. The van der Waals surface area contributed by atoms with Crippen molar-refractivity contribution in [1.82, 2.24) is 5.32 Å². The number of anilines is 1. The molecule has 2 fully saturated rings. The highest BCUT2D eigenvalue weighted by molar-refractivity contribution is 5.90. The Morgan fingerprint density at radius 1 is 1.47 bits per heavy atom. The van der Waals surface area contributed by atoms with Crippen LogP contribution in [0.25, 0.3) is 0 Å². The van der Waals surface area contributed by atoms with Crippen molar-refractivity contribution in [2.45, 2.75) is 18.9 Å². The topological polar surface area (TPSA) is 41.6 Å². The number of benzene rings is 1. The molecule has 0 bridgehead atoms. The first-order chi connectivity index (χ1) is 9.10. The fourth-order valence-electron chi connectivity index (χ4n) is 2.91. The lowest BCUT2D eigenvalue weighted by Crippen LogP contribution is -2.40. The number of rotatable bonds is 2. The van der Waals surface area contributed by atoms with Crippen molar-refractivity contribution in [3.63, 3.8) is 0 Å². The molecule has 0 radical (unpaired) electrons. The number of halogens is 1. The molecule has 0 saturated carbocycles. The molecule has 1 N–H and O–H groups in total. The minimum Gasteiger partial charge on any atom is -0.441 e. The number of cyclic esters (lactones) is 1. The van der Waals surface area contributed by atoms with E-state index >= 15 is 0 Å². The quantitative estimate of drug-likeness (QED) is 0.890. The van der Waals surface area contributed by atoms with E-state index in [0.717, 1.165) is 19.5 Å². The van der Waals surface area contributed by atoms with Crippen LogP contribution in [0.1, 0.15) is 13.3 Å². The van der Waals surface area contributed by atoms with E-state index in [-0.39, 0.29) is 5.92 Å². The highest BCUT2D eigenvalue weighted by atomic mass is 19.1. The summed E-state index contributed by atoms with van der Waals surface area (Å²) >= 11 is 0. The van der Waals surface area contributed by atoms with Crippen LogP contribution in [0.3, 0.4) is 0 Å². The summed E-state index contributed by atoms with van der Waals surface area (Å²) in [5.74, 6) is -0.110. The van der Waals surface area contributed by atoms with E-state index in [4.69, 9.17) is 4.74 Å². The highest BCUT2D eigenvalue weighted by Gasteiger charge is 2.48. The Morgan fingerprint density at radius 3 is 2.95 bits per heavy atom. The van der Waals surface area contributed by atoms with Gasteiger partial charge in [-0.15, -0.1) is 0 Å². The van der Waals surface area contributed by atoms with Crippen molar-refractivity contribution >= 4 is 11.8 Å². The van der Waals surface area contributed by atoms with Crippen molar-refractivity contribution in [2.75, 3.05) is 24.5 Å². The molecule has 2 unspecified atom stereocenters. The Bertz CT molecular complexity index is 502. The van der Waals surface area contributed by atoms with E-state index in [9.17, 15) is 9.18 Å². The first-order valence-electron chi connectivity index (χ1n) is 6.56. The van der Waals surface area contributed by atoms with Gasteiger partial charge in [0, 0.05) is 12.5 Å². The second kappa shape index (κ2) is 4.49. The summed E-state index contributed by atoms with van der Waals surface area (Å²) in [6, 6.07) is 6.30. The van der Waals surface area contributed by atoms with Crippen molar-refractivity contribution in [2.24, 2.45) is 5.92 Å². The molecule has 2 aliphatic heterocycles. The predicted molar refractivity (Wildman–Crippen MR) is 69.6 cm³/mol. The zero-order chi connectivity index (χ0) is 13.5. The lowest BCUT2D eigenvalue weighted by atomic mass is 9.88. The van der Waals surface area contributed by atoms with E-state index in [0.29, 0.717) is 12.2 Å². The van der Waals surface area contributed by atoms with Gasteiger partial charge in [-0.25, -0.2) is 9.18 Å². The van der Waals surface area contributed by atoms with Crippen molar-refractivity contribution in [1.29, 1.82) is 0 Å². The van der Waals surface area contributed by atoms with Gasteiger partial charge in [-0.2, -0.15) is 0 Å². The summed E-state index contributed by atoms with van der Waals surface area (Å²) in [5.41, 5.74) is -0.245. The Kier molecular flexibility index (Phi) is 2.93. The summed E-state index contributed by atoms with van der Waals surface area (Å²) < 4.78 is 19.3. The van der Waals surface area contributed by atoms with Crippen LogP contribution in [0.5, 0.6) is 0 Å². The maximum absolute atomic E-state index is 13.8. The third-order valence-electron chi connectivity index (χ3n) is 4.08. The summed E-state index contributed by atoms with van der Waals surface area (Å²) in [5, 5.41) is 3.27. The van der Waals surface area contributed by atoms with Crippen LogP contribution in [0.15, 0.2) is 24.3 Å². The summed E-state index contributed by atoms with van der Waals surface area (Å²) in [6.45, 7) is 4.12. The summed E-state index contributed by atoms with van der Waals surface area (Å²) in [4.78, 5) is 13.4. The molecular formula is C14H17FN2O2. The molecule has 2 saturated heterocycles. The second-order valence-electron chi connectivity index (χ2n) is 5.41. The molecule has 1 aromatic rings. The van der Waals surface area contributed by atoms with Crippen LogP contribution in [0.2, 0.25) is 0 Å². The maximum Gasteiger partial charge on any atom is 0.415 e. The molecule has 0 aromatic heterocycles. The predicted octanol–water partition coefficient (Wildman–Crippen LogP) is 2.15. The molecule has 3 rings (SSSR count). The number of nitrogens with one attached hydrogen (secondary N) is 1. The largest absolute Gasteiger partial charge is 0.441 e. The second-order valence-corrected chi connectivity index (χ2v) is 5.41. The molecule has 2 atom stereocenters. The van der Waals surface area contributed by atoms with E-state index < -0.39 is 17.5 Å². The Morgan fingerprint density at radius 2 is 2.26 bits per heavy atom. The van der Waals surface area contributed by atoms with E-state index in [1.54, 1.807) is 18.2 Å². The summed E-state index contributed by atoms with van der Waals surface area (Å²) in [6.07, 6.45) is 0.522. The van der Waals surface area contributed by atoms with Crippen molar-refractivity contribution < 1.29 is 13.9 Å². The molecule has 0 aliphatic carbocycles. The van der Waals surface area contributed by atoms with Crippen LogP contribution < -0.4 is 10.2 Å². The Labute approximate surface area is 111 Å². The van der Waals surface area contributed by atoms with Gasteiger partial charge in [-0.1, -0.05) is 12.1 Å². The lowest BCUT2D eigenvalue weighted by molar-refractivity contribution is 0.0287. The molecule has 1 amide bonds. The van der Waals surface area contributed by atoms with Crippen LogP contribution >= 0.6 is 0 Å². The normalized spacial score (nSPS) is 30.7. The zero-order valence-corrected chi connectivity index (χ0v) is 10.9. The fraction of sp³-hybridized carbons (Fsp3) is 0.500. The molecule has 2 aliphatic rings. The van der Waals surface area contributed by atoms with Crippen LogP contribution in [0, 0.1) is 11.7 Å². The van der Waals surface area contributed by atoms with Gasteiger partial charge >= 0.3 is 6.09 Å². The van der Waals surface area contributed by atoms with Gasteiger partial charge in [0.05, 0.1) is 12.2 Å². The summed E-state index contributed by atoms with van der Waals surface area (Å²) in [7, 11) is 0. The van der Waals surface area contributed by atoms with Gasteiger partial charge in [0.2, 0.25) is 0 Å². The van der Waals surface area contributed by atoms with Crippen LogP contribution in [-0.2, 0) is 4.74 Å². The Balaban J connectivity index is 1.86. The number of carbonyl (C=O) groups is 1. The highest BCUT2D eigenvalue weighted by Crippen LogP contribution is 2.36. The van der Waals surface area contributed by atoms with Gasteiger partial charge in [-0.3, -0.25) is 4.90 Å². The number of hydrogen-bond donors (Lipinski definition) is 1. The lowest BCUT2D eigenvalue weighted by Gasteiger charge is -2.28. The molecule has 0 spiro atoms. The van der Waals surface area contributed by atoms with Gasteiger partial charge in [-0.05, 0) is 32.0 Å². The molecule has 4 nitrogen and oxygen atoms in total. The van der Waals surface area contributed by atoms with Gasteiger partial charge < -0.3 is 10.1 Å². The number of nitrogens with zero attached hydrogens (tertiary/aromatic N) is 1. The molecule has 102 valence electrons. The SMILES string of the molecule is CC1(C2CCNC2)CN(c2ccccc2F)C(=O)O1. The van der Waals surface area contributed by atoms with E-state index in [1.165, 1.54) is 11.0 Å². The minimum absolute atomic E-state index is 0.285. The zero-order valence-electron chi connectivity index (χ0n) is 10.9. The monoisotopic (exact) mass is 264 g/mol. The number of hydrogen-bond acceptors (Lipinski definition) is 3. The third-order valence-corrected chi connectivity index (χ3v) is 4.08. The maximum atomic E-state index is 13.8. The minimum atomic E-state index is -0.539. The standard InChI is InChI=1S/C14H17FN2O2/c1-14(10-6-7-16-8-10)9-17(13(18)19-14)12-5-3-2-4-11(12)15/h2-5,10,16H,6-9H2,1H3. The van der Waals surface area contributed by atoms with Gasteiger partial charge in [0.1, 0.15) is 11.4 Å². The molecule has 5 heteroatoms. The van der Waals surface area contributed by atoms with E-state index in [1.807, 2.05) is 6.92 Å².